The maximum atomic E-state index is 6.00. The maximum absolute atomic E-state index is 6.00. The van der Waals surface area contributed by atoms with Crippen molar-refractivity contribution in [3.63, 3.8) is 0 Å². The number of nitrogens with zero attached hydrogens (tertiary/aromatic N) is 1. The summed E-state index contributed by atoms with van der Waals surface area (Å²) in [5.41, 5.74) is 7.31. The minimum absolute atomic E-state index is 0.346. The molecule has 2 rings (SSSR count). The highest BCUT2D eigenvalue weighted by molar-refractivity contribution is 5.29. The van der Waals surface area contributed by atoms with E-state index < -0.39 is 0 Å². The molecule has 0 spiro atoms. The fourth-order valence-corrected chi connectivity index (χ4v) is 2.96. The van der Waals surface area contributed by atoms with Crippen LogP contribution in [0.1, 0.15) is 38.3 Å². The molecule has 0 aliphatic carbocycles. The molecule has 1 aliphatic rings. The van der Waals surface area contributed by atoms with Gasteiger partial charge in [0.05, 0.1) is 6.61 Å². The highest BCUT2D eigenvalue weighted by atomic mass is 16.5. The Bertz CT molecular complexity index is 377. The van der Waals surface area contributed by atoms with Gasteiger partial charge in [-0.25, -0.2) is 0 Å². The second-order valence-corrected chi connectivity index (χ2v) is 5.50. The van der Waals surface area contributed by atoms with Crippen molar-refractivity contribution in [2.24, 2.45) is 11.7 Å². The third-order valence-electron chi connectivity index (χ3n) is 3.93. The van der Waals surface area contributed by atoms with Crippen LogP contribution in [0.2, 0.25) is 0 Å². The molecule has 3 heteroatoms. The molecule has 2 N–H and O–H groups in total. The summed E-state index contributed by atoms with van der Waals surface area (Å²) >= 11 is 0. The molecule has 0 bridgehead atoms. The lowest BCUT2D eigenvalue weighted by atomic mass is 9.96. The summed E-state index contributed by atoms with van der Waals surface area (Å²) < 4.78 is 5.49. The largest absolute Gasteiger partial charge is 0.494 e. The van der Waals surface area contributed by atoms with Crippen LogP contribution < -0.4 is 10.5 Å². The lowest BCUT2D eigenvalue weighted by Crippen LogP contribution is -2.40. The predicted octanol–water partition coefficient (Wildman–Crippen LogP) is 2.82. The Morgan fingerprint density at radius 2 is 2.11 bits per heavy atom. The van der Waals surface area contributed by atoms with E-state index in [4.69, 9.17) is 10.5 Å². The zero-order chi connectivity index (χ0) is 13.7. The molecule has 1 aliphatic heterocycles. The van der Waals surface area contributed by atoms with Crippen LogP contribution in [0.25, 0.3) is 0 Å². The zero-order valence-electron chi connectivity index (χ0n) is 12.1. The van der Waals surface area contributed by atoms with Crippen LogP contribution in [0.4, 0.5) is 0 Å². The summed E-state index contributed by atoms with van der Waals surface area (Å²) in [6.45, 7) is 8.06. The fraction of sp³-hybridized carbons (Fsp3) is 0.625. The summed E-state index contributed by atoms with van der Waals surface area (Å²) in [4.78, 5) is 2.53. The molecule has 2 atom stereocenters. The van der Waals surface area contributed by atoms with Crippen LogP contribution in [0.5, 0.6) is 5.75 Å². The number of nitrogens with two attached hydrogens (primary N) is 1. The first-order valence-electron chi connectivity index (χ1n) is 7.41. The summed E-state index contributed by atoms with van der Waals surface area (Å²) in [5, 5.41) is 0. The van der Waals surface area contributed by atoms with Gasteiger partial charge in [-0.05, 0) is 49.9 Å². The fourth-order valence-electron chi connectivity index (χ4n) is 2.96. The quantitative estimate of drug-likeness (QED) is 0.887. The van der Waals surface area contributed by atoms with Crippen molar-refractivity contribution >= 4 is 0 Å². The molecule has 1 fully saturated rings. The Labute approximate surface area is 116 Å². The molecule has 0 amide bonds. The summed E-state index contributed by atoms with van der Waals surface area (Å²) in [7, 11) is 0. The van der Waals surface area contributed by atoms with Crippen LogP contribution in [-0.4, -0.2) is 31.1 Å². The highest BCUT2D eigenvalue weighted by Gasteiger charge is 2.24. The van der Waals surface area contributed by atoms with E-state index in [1.807, 2.05) is 6.92 Å². The smallest absolute Gasteiger partial charge is 0.119 e. The molecule has 1 aromatic carbocycles. The van der Waals surface area contributed by atoms with Crippen LogP contribution in [0, 0.1) is 5.92 Å². The average Bonchev–Trinajstić information content (AvgIpc) is 2.42. The molecule has 0 radical (unpaired) electrons. The Hall–Kier alpha value is -1.06. The molecular formula is C16H26N2O. The van der Waals surface area contributed by atoms with Crippen LogP contribution in [-0.2, 0) is 0 Å². The number of benzene rings is 1. The van der Waals surface area contributed by atoms with Crippen LogP contribution in [0.3, 0.4) is 0 Å². The van der Waals surface area contributed by atoms with Gasteiger partial charge in [0, 0.05) is 19.1 Å². The lowest BCUT2D eigenvalue weighted by molar-refractivity contribution is 0.133. The molecule has 3 nitrogen and oxygen atoms in total. The van der Waals surface area contributed by atoms with Crippen LogP contribution >= 0.6 is 0 Å². The Morgan fingerprint density at radius 1 is 1.37 bits per heavy atom. The second-order valence-electron chi connectivity index (χ2n) is 5.50. The normalized spacial score (nSPS) is 22.2. The topological polar surface area (TPSA) is 38.5 Å². The summed E-state index contributed by atoms with van der Waals surface area (Å²) in [5.74, 6) is 1.72. The molecule has 106 valence electrons. The van der Waals surface area contributed by atoms with E-state index >= 15 is 0 Å². The van der Waals surface area contributed by atoms with E-state index in [9.17, 15) is 0 Å². The van der Waals surface area contributed by atoms with Gasteiger partial charge in [-0.15, -0.1) is 0 Å². The van der Waals surface area contributed by atoms with Gasteiger partial charge in [0.15, 0.2) is 0 Å². The van der Waals surface area contributed by atoms with E-state index in [0.29, 0.717) is 19.2 Å². The third-order valence-corrected chi connectivity index (χ3v) is 3.93. The standard InChI is InChI=1S/C16H26N2O/c1-3-19-15-8-6-14(7-9-15)16(11-17)18-10-4-5-13(2)12-18/h6-9,13,16H,3-5,10-12,17H2,1-2H3/t13-,16-/m1/s1. The molecule has 19 heavy (non-hydrogen) atoms. The summed E-state index contributed by atoms with van der Waals surface area (Å²) in [6, 6.07) is 8.76. The number of ether oxygens (including phenoxy) is 1. The number of piperidine rings is 1. The minimum Gasteiger partial charge on any atom is -0.494 e. The Morgan fingerprint density at radius 3 is 2.68 bits per heavy atom. The monoisotopic (exact) mass is 262 g/mol. The van der Waals surface area contributed by atoms with E-state index in [1.165, 1.54) is 24.9 Å². The van der Waals surface area contributed by atoms with E-state index in [-0.39, 0.29) is 0 Å². The third kappa shape index (κ3) is 3.71. The Kier molecular flexibility index (Phi) is 5.23. The SMILES string of the molecule is CCOc1ccc([C@@H](CN)N2CCC[C@@H](C)C2)cc1. The van der Waals surface area contributed by atoms with Crippen molar-refractivity contribution in [3.05, 3.63) is 29.8 Å². The minimum atomic E-state index is 0.346. The molecule has 1 aromatic rings. The van der Waals surface area contributed by atoms with Crippen molar-refractivity contribution in [2.75, 3.05) is 26.2 Å². The zero-order valence-corrected chi connectivity index (χ0v) is 12.1. The van der Waals surface area contributed by atoms with Crippen molar-refractivity contribution in [1.82, 2.24) is 4.90 Å². The molecule has 1 saturated heterocycles. The highest BCUT2D eigenvalue weighted by Crippen LogP contribution is 2.27. The van der Waals surface area contributed by atoms with Crippen LogP contribution in [0.15, 0.2) is 24.3 Å². The molecule has 1 heterocycles. The van der Waals surface area contributed by atoms with Gasteiger partial charge in [-0.2, -0.15) is 0 Å². The average molecular weight is 262 g/mol. The first kappa shape index (κ1) is 14.4. The van der Waals surface area contributed by atoms with Gasteiger partial charge in [-0.3, -0.25) is 4.90 Å². The van der Waals surface area contributed by atoms with Gasteiger partial charge in [0.25, 0.3) is 0 Å². The van der Waals surface area contributed by atoms with Gasteiger partial charge in [0.2, 0.25) is 0 Å². The molecule has 0 aromatic heterocycles. The molecular weight excluding hydrogens is 236 g/mol. The predicted molar refractivity (Wildman–Crippen MR) is 79.4 cm³/mol. The lowest BCUT2D eigenvalue weighted by Gasteiger charge is -2.37. The first-order chi connectivity index (χ1) is 9.24. The molecule has 0 saturated carbocycles. The van der Waals surface area contributed by atoms with Gasteiger partial charge in [0.1, 0.15) is 5.75 Å². The van der Waals surface area contributed by atoms with Gasteiger partial charge >= 0.3 is 0 Å². The number of likely N-dealkylation sites (tertiary alicyclic amines) is 1. The summed E-state index contributed by atoms with van der Waals surface area (Å²) in [6.07, 6.45) is 2.63. The van der Waals surface area contributed by atoms with E-state index in [1.54, 1.807) is 0 Å². The maximum Gasteiger partial charge on any atom is 0.119 e. The second kappa shape index (κ2) is 6.92. The van der Waals surface area contributed by atoms with Gasteiger partial charge in [-0.1, -0.05) is 19.1 Å². The number of rotatable bonds is 5. The van der Waals surface area contributed by atoms with Gasteiger partial charge < -0.3 is 10.5 Å². The van der Waals surface area contributed by atoms with Crippen molar-refractivity contribution in [2.45, 2.75) is 32.7 Å². The van der Waals surface area contributed by atoms with Crippen molar-refractivity contribution < 1.29 is 4.74 Å². The van der Waals surface area contributed by atoms with E-state index in [2.05, 4.69) is 36.1 Å². The Balaban J connectivity index is 2.07. The van der Waals surface area contributed by atoms with Crippen molar-refractivity contribution in [1.29, 1.82) is 0 Å². The van der Waals surface area contributed by atoms with E-state index in [0.717, 1.165) is 18.2 Å². The first-order valence-corrected chi connectivity index (χ1v) is 7.41. The van der Waals surface area contributed by atoms with Crippen molar-refractivity contribution in [3.8, 4) is 5.75 Å². The number of hydrogen-bond acceptors (Lipinski definition) is 3. The molecule has 0 unspecified atom stereocenters. The number of hydrogen-bond donors (Lipinski definition) is 1.